The van der Waals surface area contributed by atoms with Crippen LogP contribution in [-0.4, -0.2) is 29.9 Å². The summed E-state index contributed by atoms with van der Waals surface area (Å²) in [5, 5.41) is 9.91. The topological polar surface area (TPSA) is 77.4 Å². The quantitative estimate of drug-likeness (QED) is 0.234. The van der Waals surface area contributed by atoms with E-state index in [-0.39, 0.29) is 63.2 Å². The molecule has 0 fully saturated rings. The molecular weight excluding hydrogens is 351 g/mol. The Labute approximate surface area is 192 Å². The van der Waals surface area contributed by atoms with Gasteiger partial charge in [-0.25, -0.2) is 8.42 Å². The van der Waals surface area contributed by atoms with Crippen molar-refractivity contribution in [2.75, 3.05) is 5.75 Å². The van der Waals surface area contributed by atoms with E-state index in [1.807, 2.05) is 0 Å². The Morgan fingerprint density at radius 2 is 1.12 bits per heavy atom. The van der Waals surface area contributed by atoms with Crippen LogP contribution in [0.15, 0.2) is 0 Å². The van der Waals surface area contributed by atoms with E-state index < -0.39 is 10.1 Å². The Hall–Kier alpha value is 1.51. The molecular formula is C18H37KO4S. The summed E-state index contributed by atoms with van der Waals surface area (Å²) in [7, 11) is -4.04. The number of hydrogen-bond donors (Lipinski definition) is 1. The normalized spacial score (nSPS) is 12.8. The Morgan fingerprint density at radius 1 is 0.750 bits per heavy atom. The Balaban J connectivity index is 0. The van der Waals surface area contributed by atoms with Crippen molar-refractivity contribution >= 4 is 10.1 Å². The van der Waals surface area contributed by atoms with Crippen LogP contribution >= 0.6 is 0 Å². The predicted molar refractivity (Wildman–Crippen MR) is 95.5 cm³/mol. The molecule has 0 aliphatic rings. The van der Waals surface area contributed by atoms with Gasteiger partial charge in [-0.2, -0.15) is 0 Å². The van der Waals surface area contributed by atoms with Gasteiger partial charge in [0.05, 0.1) is 16.2 Å². The van der Waals surface area contributed by atoms with Crippen molar-refractivity contribution in [3.05, 3.63) is 0 Å². The zero-order chi connectivity index (χ0) is 17.4. The van der Waals surface area contributed by atoms with E-state index >= 15 is 0 Å². The number of rotatable bonds is 17. The fourth-order valence-corrected chi connectivity index (χ4v) is 3.40. The second-order valence-electron chi connectivity index (χ2n) is 6.74. The molecule has 0 bridgehead atoms. The van der Waals surface area contributed by atoms with Crippen LogP contribution in [0.3, 0.4) is 0 Å². The SMILES string of the molecule is CCCCCCCCCCC(O)CCCCCCCS(=O)(=O)[O-].[K+]. The van der Waals surface area contributed by atoms with Crippen LogP contribution in [0.25, 0.3) is 0 Å². The van der Waals surface area contributed by atoms with E-state index in [2.05, 4.69) is 6.92 Å². The van der Waals surface area contributed by atoms with Gasteiger partial charge in [-0.15, -0.1) is 0 Å². The molecule has 6 heteroatoms. The third kappa shape index (κ3) is 23.5. The first-order valence-electron chi connectivity index (χ1n) is 9.57. The molecule has 4 nitrogen and oxygen atoms in total. The van der Waals surface area contributed by atoms with Gasteiger partial charge in [0.2, 0.25) is 0 Å². The van der Waals surface area contributed by atoms with Crippen molar-refractivity contribution in [3.63, 3.8) is 0 Å². The zero-order valence-corrected chi connectivity index (χ0v) is 19.9. The van der Waals surface area contributed by atoms with E-state index in [4.69, 9.17) is 0 Å². The first-order valence-corrected chi connectivity index (χ1v) is 11.1. The molecule has 0 radical (unpaired) electrons. The first-order chi connectivity index (χ1) is 11.0. The van der Waals surface area contributed by atoms with Gasteiger partial charge >= 0.3 is 51.4 Å². The number of aliphatic hydroxyl groups excluding tert-OH is 1. The van der Waals surface area contributed by atoms with Crippen molar-refractivity contribution < 1.29 is 69.5 Å². The van der Waals surface area contributed by atoms with Crippen LogP contribution in [0.5, 0.6) is 0 Å². The molecule has 0 aromatic rings. The maximum Gasteiger partial charge on any atom is 1.00 e. The Morgan fingerprint density at radius 3 is 1.54 bits per heavy atom. The summed E-state index contributed by atoms with van der Waals surface area (Å²) in [4.78, 5) is 0. The molecule has 140 valence electrons. The predicted octanol–water partition coefficient (Wildman–Crippen LogP) is 1.77. The minimum absolute atomic E-state index is 0. The minimum Gasteiger partial charge on any atom is -0.748 e. The molecule has 0 aliphatic heterocycles. The molecule has 0 heterocycles. The second-order valence-corrected chi connectivity index (χ2v) is 8.26. The smallest absolute Gasteiger partial charge is 0.748 e. The first kappa shape index (κ1) is 27.7. The zero-order valence-electron chi connectivity index (χ0n) is 16.0. The molecule has 0 spiro atoms. The fourth-order valence-electron chi connectivity index (χ4n) is 2.85. The monoisotopic (exact) mass is 388 g/mol. The largest absolute Gasteiger partial charge is 1.00 e. The average molecular weight is 389 g/mol. The van der Waals surface area contributed by atoms with Crippen LogP contribution in [0.1, 0.15) is 103 Å². The van der Waals surface area contributed by atoms with Gasteiger partial charge in [-0.1, -0.05) is 84.0 Å². The van der Waals surface area contributed by atoms with Crippen molar-refractivity contribution in [2.24, 2.45) is 0 Å². The van der Waals surface area contributed by atoms with Crippen molar-refractivity contribution in [1.29, 1.82) is 0 Å². The van der Waals surface area contributed by atoms with Crippen LogP contribution < -0.4 is 51.4 Å². The summed E-state index contributed by atoms with van der Waals surface area (Å²) in [6.45, 7) is 2.23. The van der Waals surface area contributed by atoms with Gasteiger partial charge in [0, 0.05) is 5.75 Å². The molecule has 0 rings (SSSR count). The van der Waals surface area contributed by atoms with Crippen molar-refractivity contribution in [1.82, 2.24) is 0 Å². The third-order valence-corrected chi connectivity index (χ3v) is 5.11. The number of hydrogen-bond acceptors (Lipinski definition) is 4. The average Bonchev–Trinajstić information content (AvgIpc) is 2.48. The van der Waals surface area contributed by atoms with Crippen LogP contribution in [0, 0.1) is 0 Å². The second kappa shape index (κ2) is 19.3. The van der Waals surface area contributed by atoms with Gasteiger partial charge < -0.3 is 9.66 Å². The van der Waals surface area contributed by atoms with Gasteiger partial charge in [0.1, 0.15) is 0 Å². The summed E-state index contributed by atoms with van der Waals surface area (Å²) in [5.41, 5.74) is 0. The summed E-state index contributed by atoms with van der Waals surface area (Å²) in [6.07, 6.45) is 16.1. The fraction of sp³-hybridized carbons (Fsp3) is 1.00. The Kier molecular flexibility index (Phi) is 22.3. The van der Waals surface area contributed by atoms with Crippen LogP contribution in [0.4, 0.5) is 0 Å². The molecule has 24 heavy (non-hydrogen) atoms. The maximum absolute atomic E-state index is 10.4. The standard InChI is InChI=1S/C18H38O4S.K/c1-2-3-4-5-6-7-9-12-15-18(19)16-13-10-8-11-14-17-23(20,21)22;/h18-19H,2-17H2,1H3,(H,20,21,22);/q;+1/p-1. The van der Waals surface area contributed by atoms with Crippen molar-refractivity contribution in [2.45, 2.75) is 109 Å². The molecule has 0 amide bonds. The van der Waals surface area contributed by atoms with Crippen LogP contribution in [0.2, 0.25) is 0 Å². The van der Waals surface area contributed by atoms with Gasteiger partial charge in [0.15, 0.2) is 0 Å². The molecule has 1 unspecified atom stereocenters. The molecule has 0 saturated carbocycles. The van der Waals surface area contributed by atoms with E-state index in [0.717, 1.165) is 44.9 Å². The molecule has 1 atom stereocenters. The van der Waals surface area contributed by atoms with Crippen molar-refractivity contribution in [3.8, 4) is 0 Å². The molecule has 0 aromatic carbocycles. The van der Waals surface area contributed by atoms with Crippen LogP contribution in [-0.2, 0) is 10.1 Å². The maximum atomic E-state index is 10.4. The van der Waals surface area contributed by atoms with E-state index in [0.29, 0.717) is 6.42 Å². The summed E-state index contributed by atoms with van der Waals surface area (Å²) >= 11 is 0. The van der Waals surface area contributed by atoms with Gasteiger partial charge in [-0.05, 0) is 19.3 Å². The van der Waals surface area contributed by atoms with E-state index in [9.17, 15) is 18.1 Å². The molecule has 0 saturated heterocycles. The van der Waals surface area contributed by atoms with E-state index in [1.165, 1.54) is 44.9 Å². The van der Waals surface area contributed by atoms with Gasteiger partial charge in [0.25, 0.3) is 0 Å². The third-order valence-electron chi connectivity index (χ3n) is 4.32. The van der Waals surface area contributed by atoms with Gasteiger partial charge in [-0.3, -0.25) is 0 Å². The van der Waals surface area contributed by atoms with E-state index in [1.54, 1.807) is 0 Å². The number of unbranched alkanes of at least 4 members (excludes halogenated alkanes) is 11. The Bertz CT molecular complexity index is 347. The number of aliphatic hydroxyl groups is 1. The molecule has 0 aliphatic carbocycles. The summed E-state index contributed by atoms with van der Waals surface area (Å²) in [6, 6.07) is 0. The minimum atomic E-state index is -4.04. The molecule has 0 aromatic heterocycles. The summed E-state index contributed by atoms with van der Waals surface area (Å²) in [5.74, 6) is -0.242. The summed E-state index contributed by atoms with van der Waals surface area (Å²) < 4.78 is 31.3. The molecule has 1 N–H and O–H groups in total.